The predicted molar refractivity (Wildman–Crippen MR) is 139 cm³/mol. The fourth-order valence-electron chi connectivity index (χ4n) is 5.01. The van der Waals surface area contributed by atoms with Crippen LogP contribution in [-0.2, 0) is 17.8 Å². The van der Waals surface area contributed by atoms with Gasteiger partial charge in [0.15, 0.2) is 5.82 Å². The molecule has 1 amide bonds. The topological polar surface area (TPSA) is 93.3 Å². The normalized spacial score (nSPS) is 15.8. The van der Waals surface area contributed by atoms with E-state index in [4.69, 9.17) is 9.51 Å². The fraction of sp³-hybridized carbons (Fsp3) is 0.357. The number of nitrogens with one attached hydrogen (secondary N) is 1. The average molecular weight is 486 g/mol. The van der Waals surface area contributed by atoms with Crippen LogP contribution in [0.1, 0.15) is 35.4 Å². The average Bonchev–Trinajstić information content (AvgIpc) is 3.23. The van der Waals surface area contributed by atoms with Crippen molar-refractivity contribution in [1.82, 2.24) is 20.0 Å². The van der Waals surface area contributed by atoms with Crippen LogP contribution in [0.15, 0.2) is 63.9 Å². The summed E-state index contributed by atoms with van der Waals surface area (Å²) in [5.41, 5.74) is 4.41. The highest BCUT2D eigenvalue weighted by Gasteiger charge is 2.28. The van der Waals surface area contributed by atoms with E-state index in [2.05, 4.69) is 10.5 Å². The van der Waals surface area contributed by atoms with E-state index in [-0.39, 0.29) is 17.4 Å². The Morgan fingerprint density at radius 2 is 1.89 bits per heavy atom. The smallest absolute Gasteiger partial charge is 0.294 e. The molecule has 0 aliphatic carbocycles. The first-order chi connectivity index (χ1) is 17.5. The summed E-state index contributed by atoms with van der Waals surface area (Å²) in [5, 5.41) is 7.04. The van der Waals surface area contributed by atoms with Crippen LogP contribution in [-0.4, -0.2) is 40.2 Å². The van der Waals surface area contributed by atoms with Crippen LogP contribution in [0.3, 0.4) is 0 Å². The Kier molecular flexibility index (Phi) is 6.84. The molecule has 0 spiro atoms. The molecule has 186 valence electrons. The monoisotopic (exact) mass is 485 g/mol. The number of para-hydroxylation sites is 2. The summed E-state index contributed by atoms with van der Waals surface area (Å²) in [6.45, 7) is 5.97. The highest BCUT2D eigenvalue weighted by atomic mass is 16.5. The van der Waals surface area contributed by atoms with E-state index in [0.29, 0.717) is 38.4 Å². The van der Waals surface area contributed by atoms with Crippen molar-refractivity contribution in [3.05, 3.63) is 87.5 Å². The number of aromatic nitrogens is 3. The van der Waals surface area contributed by atoms with Crippen molar-refractivity contribution in [2.24, 2.45) is 5.92 Å². The van der Waals surface area contributed by atoms with Gasteiger partial charge in [-0.25, -0.2) is 4.98 Å². The van der Waals surface area contributed by atoms with Crippen LogP contribution in [0.4, 0.5) is 5.82 Å². The Bertz CT molecular complexity index is 1410. The summed E-state index contributed by atoms with van der Waals surface area (Å²) >= 11 is 0. The summed E-state index contributed by atoms with van der Waals surface area (Å²) in [5.74, 6) is 1.02. The van der Waals surface area contributed by atoms with Crippen LogP contribution >= 0.6 is 0 Å². The molecule has 0 unspecified atom stereocenters. The van der Waals surface area contributed by atoms with Crippen LogP contribution in [0.5, 0.6) is 0 Å². The molecule has 8 nitrogen and oxygen atoms in total. The van der Waals surface area contributed by atoms with E-state index in [1.165, 1.54) is 0 Å². The van der Waals surface area contributed by atoms with Crippen LogP contribution in [0.2, 0.25) is 0 Å². The van der Waals surface area contributed by atoms with Gasteiger partial charge in [0.05, 0.1) is 29.2 Å². The first-order valence-electron chi connectivity index (χ1n) is 12.5. The number of nitrogens with zero attached hydrogens (tertiary/aromatic N) is 4. The molecule has 2 aromatic carbocycles. The van der Waals surface area contributed by atoms with Crippen molar-refractivity contribution in [2.45, 2.75) is 39.7 Å². The van der Waals surface area contributed by atoms with E-state index < -0.39 is 0 Å². The van der Waals surface area contributed by atoms with E-state index in [1.807, 2.05) is 73.3 Å². The zero-order valence-corrected chi connectivity index (χ0v) is 20.7. The zero-order chi connectivity index (χ0) is 25.1. The van der Waals surface area contributed by atoms with Gasteiger partial charge in [-0.3, -0.25) is 14.2 Å². The van der Waals surface area contributed by atoms with Crippen molar-refractivity contribution in [3.8, 4) is 0 Å². The van der Waals surface area contributed by atoms with E-state index in [1.54, 1.807) is 4.57 Å². The minimum atomic E-state index is -0.196. The van der Waals surface area contributed by atoms with Crippen LogP contribution in [0.25, 0.3) is 11.0 Å². The first-order valence-corrected chi connectivity index (χ1v) is 12.5. The molecular weight excluding hydrogens is 454 g/mol. The molecule has 3 heterocycles. The Balaban J connectivity index is 1.34. The van der Waals surface area contributed by atoms with Gasteiger partial charge < -0.3 is 14.7 Å². The lowest BCUT2D eigenvalue weighted by Crippen LogP contribution is -2.46. The van der Waals surface area contributed by atoms with Gasteiger partial charge in [-0.15, -0.1) is 0 Å². The molecule has 1 saturated heterocycles. The summed E-state index contributed by atoms with van der Waals surface area (Å²) in [6.07, 6.45) is 2.30. The van der Waals surface area contributed by atoms with Crippen molar-refractivity contribution >= 4 is 22.8 Å². The number of hydrogen-bond acceptors (Lipinski definition) is 6. The predicted octanol–water partition coefficient (Wildman–Crippen LogP) is 3.62. The molecular formula is C28H31N5O3. The third-order valence-corrected chi connectivity index (χ3v) is 6.97. The van der Waals surface area contributed by atoms with E-state index in [0.717, 1.165) is 46.5 Å². The van der Waals surface area contributed by atoms with Crippen molar-refractivity contribution in [1.29, 1.82) is 0 Å². The summed E-state index contributed by atoms with van der Waals surface area (Å²) in [4.78, 5) is 33.4. The van der Waals surface area contributed by atoms with Gasteiger partial charge in [0.2, 0.25) is 5.91 Å². The molecule has 4 aromatic rings. The quantitative estimate of drug-likeness (QED) is 0.430. The molecule has 2 aromatic heterocycles. The molecule has 1 N–H and O–H groups in total. The number of hydrogen-bond donors (Lipinski definition) is 1. The molecule has 1 fully saturated rings. The van der Waals surface area contributed by atoms with Gasteiger partial charge in [-0.05, 0) is 50.8 Å². The Morgan fingerprint density at radius 1 is 1.11 bits per heavy atom. The van der Waals surface area contributed by atoms with Gasteiger partial charge in [0.25, 0.3) is 5.56 Å². The molecule has 1 aliphatic heterocycles. The maximum atomic E-state index is 13.7. The molecule has 36 heavy (non-hydrogen) atoms. The number of rotatable bonds is 7. The number of fused-ring (bicyclic) bond motifs is 1. The molecule has 1 aliphatic rings. The molecule has 0 saturated carbocycles. The van der Waals surface area contributed by atoms with E-state index >= 15 is 0 Å². The lowest BCUT2D eigenvalue weighted by atomic mass is 9.97. The second-order valence-corrected chi connectivity index (χ2v) is 9.43. The van der Waals surface area contributed by atoms with Gasteiger partial charge >= 0.3 is 0 Å². The minimum absolute atomic E-state index is 0.0110. The maximum absolute atomic E-state index is 13.7. The number of anilines is 1. The number of amides is 1. The van der Waals surface area contributed by atoms with Gasteiger partial charge in [-0.1, -0.05) is 47.6 Å². The molecule has 0 radical (unpaired) electrons. The Labute approximate surface area is 209 Å². The number of benzene rings is 2. The molecule has 8 heteroatoms. The zero-order valence-electron chi connectivity index (χ0n) is 20.7. The summed E-state index contributed by atoms with van der Waals surface area (Å²) < 4.78 is 7.01. The highest BCUT2D eigenvalue weighted by Crippen LogP contribution is 2.22. The number of carbonyl (C=O) groups is 1. The van der Waals surface area contributed by atoms with Crippen LogP contribution < -0.4 is 15.8 Å². The lowest BCUT2D eigenvalue weighted by Gasteiger charge is -2.32. The third kappa shape index (κ3) is 4.89. The van der Waals surface area contributed by atoms with Crippen molar-refractivity contribution < 1.29 is 9.32 Å². The number of aryl methyl sites for hydroxylation is 2. The second kappa shape index (κ2) is 10.4. The Hall–Kier alpha value is -3.94. The second-order valence-electron chi connectivity index (χ2n) is 9.43. The van der Waals surface area contributed by atoms with Gasteiger partial charge in [-0.2, -0.15) is 0 Å². The SMILES string of the molecule is Cc1noc(C)c1CCNC(=O)[C@H]1CCCN(c2nc3ccccc3n(Cc3ccccc3)c2=O)C1. The van der Waals surface area contributed by atoms with E-state index in [9.17, 15) is 9.59 Å². The Morgan fingerprint density at radius 3 is 2.67 bits per heavy atom. The minimum Gasteiger partial charge on any atom is -0.361 e. The lowest BCUT2D eigenvalue weighted by molar-refractivity contribution is -0.125. The van der Waals surface area contributed by atoms with Gasteiger partial charge in [0, 0.05) is 25.2 Å². The third-order valence-electron chi connectivity index (χ3n) is 6.97. The molecule has 5 rings (SSSR count). The fourth-order valence-corrected chi connectivity index (χ4v) is 5.01. The molecule has 0 bridgehead atoms. The van der Waals surface area contributed by atoms with Gasteiger partial charge in [0.1, 0.15) is 5.76 Å². The maximum Gasteiger partial charge on any atom is 0.294 e. The summed E-state index contributed by atoms with van der Waals surface area (Å²) in [7, 11) is 0. The summed E-state index contributed by atoms with van der Waals surface area (Å²) in [6, 6.07) is 17.7. The van der Waals surface area contributed by atoms with Crippen molar-refractivity contribution in [3.63, 3.8) is 0 Å². The van der Waals surface area contributed by atoms with Crippen LogP contribution in [0, 0.1) is 19.8 Å². The van der Waals surface area contributed by atoms with Crippen molar-refractivity contribution in [2.75, 3.05) is 24.5 Å². The standard InChI is InChI=1S/C28H31N5O3/c1-19-23(20(2)36-31-19)14-15-29-27(34)22-11-8-16-32(18-22)26-28(35)33(17-21-9-4-3-5-10-21)25-13-7-6-12-24(25)30-26/h3-7,9-10,12-13,22H,8,11,14-18H2,1-2H3,(H,29,34)/t22-/m0/s1. The first kappa shape index (κ1) is 23.8. The molecule has 1 atom stereocenters. The largest absolute Gasteiger partial charge is 0.361 e. The number of carbonyl (C=O) groups excluding carboxylic acids is 1. The highest BCUT2D eigenvalue weighted by molar-refractivity contribution is 5.80. The number of piperidine rings is 1.